The highest BCUT2D eigenvalue weighted by Gasteiger charge is 2.31. The minimum Gasteiger partial charge on any atom is -0.457 e. The first-order valence-corrected chi connectivity index (χ1v) is 11.7. The number of carbonyl (C=O) groups is 1. The molecule has 0 N–H and O–H groups in total. The van der Waals surface area contributed by atoms with Gasteiger partial charge in [0.05, 0.1) is 0 Å². The predicted molar refractivity (Wildman–Crippen MR) is 129 cm³/mol. The normalized spacial score (nSPS) is 11.4. The number of allylic oxidation sites excluding steroid dienone is 1. The summed E-state index contributed by atoms with van der Waals surface area (Å²) in [6.07, 6.45) is 5.41. The summed E-state index contributed by atoms with van der Waals surface area (Å²) in [5.74, 6) is 0.581. The van der Waals surface area contributed by atoms with Crippen molar-refractivity contribution >= 4 is 46.8 Å². The Morgan fingerprint density at radius 1 is 1.07 bits per heavy atom. The maximum Gasteiger partial charge on any atom is 0.260 e. The quantitative estimate of drug-likeness (QED) is 0.183. The first-order chi connectivity index (χ1) is 13.6. The Hall–Kier alpha value is -1.42. The van der Waals surface area contributed by atoms with Crippen molar-refractivity contribution in [3.05, 3.63) is 64.7 Å². The molecular formula is C24H30Cl2O2S. The van der Waals surface area contributed by atoms with Crippen LogP contribution in [0.3, 0.4) is 0 Å². The Labute approximate surface area is 189 Å². The first kappa shape index (κ1) is 25.6. The molecule has 0 amide bonds. The van der Waals surface area contributed by atoms with E-state index in [2.05, 4.69) is 0 Å². The number of rotatable bonds is 7. The number of ether oxygens (including phenoxy) is 1. The van der Waals surface area contributed by atoms with Crippen LogP contribution in [0.4, 0.5) is 0 Å². The zero-order valence-electron chi connectivity index (χ0n) is 18.2. The van der Waals surface area contributed by atoms with E-state index >= 15 is 0 Å². The molecule has 29 heavy (non-hydrogen) atoms. The second-order valence-corrected chi connectivity index (χ2v) is 8.92. The van der Waals surface area contributed by atoms with E-state index in [4.69, 9.17) is 27.9 Å². The minimum atomic E-state index is -1.29. The molecule has 0 unspecified atom stereocenters. The molecule has 0 atom stereocenters. The van der Waals surface area contributed by atoms with E-state index in [9.17, 15) is 4.79 Å². The van der Waals surface area contributed by atoms with Crippen molar-refractivity contribution in [2.24, 2.45) is 5.92 Å². The number of halogens is 2. The molecule has 0 bridgehead atoms. The fourth-order valence-corrected chi connectivity index (χ4v) is 3.08. The number of benzene rings is 2. The Kier molecular flexibility index (Phi) is 10.3. The highest BCUT2D eigenvalue weighted by Crippen LogP contribution is 2.37. The molecule has 0 aliphatic carbocycles. The van der Waals surface area contributed by atoms with Crippen molar-refractivity contribution in [1.29, 1.82) is 0 Å². The van der Waals surface area contributed by atoms with Crippen molar-refractivity contribution in [2.45, 2.75) is 51.0 Å². The molecule has 158 valence electrons. The Morgan fingerprint density at radius 2 is 1.59 bits per heavy atom. The van der Waals surface area contributed by atoms with Crippen LogP contribution in [0.1, 0.15) is 54.7 Å². The van der Waals surface area contributed by atoms with Gasteiger partial charge in [-0.1, -0.05) is 57.0 Å². The lowest BCUT2D eigenvalue weighted by Gasteiger charge is -2.27. The van der Waals surface area contributed by atoms with Gasteiger partial charge < -0.3 is 4.74 Å². The Balaban J connectivity index is 0.00000204. The van der Waals surface area contributed by atoms with Gasteiger partial charge in [0.2, 0.25) is 0 Å². The Morgan fingerprint density at radius 3 is 2.03 bits per heavy atom. The lowest BCUT2D eigenvalue weighted by Crippen LogP contribution is -2.29. The van der Waals surface area contributed by atoms with Gasteiger partial charge in [-0.25, -0.2) is 0 Å². The van der Waals surface area contributed by atoms with Crippen LogP contribution in [0.2, 0.25) is 0 Å². The van der Waals surface area contributed by atoms with E-state index < -0.39 is 4.52 Å². The third-order valence-corrected chi connectivity index (χ3v) is 5.97. The van der Waals surface area contributed by atoms with E-state index in [1.165, 1.54) is 0 Å². The average Bonchev–Trinajstić information content (AvgIpc) is 2.70. The third-order valence-electron chi connectivity index (χ3n) is 4.19. The lowest BCUT2D eigenvalue weighted by molar-refractivity contribution is 0.104. The molecule has 5 heteroatoms. The number of hydrogen-bond donors (Lipinski definition) is 0. The summed E-state index contributed by atoms with van der Waals surface area (Å²) in [5.41, 5.74) is 3.42. The van der Waals surface area contributed by atoms with Gasteiger partial charge in [-0.05, 0) is 79.3 Å². The van der Waals surface area contributed by atoms with Crippen molar-refractivity contribution < 1.29 is 9.53 Å². The van der Waals surface area contributed by atoms with Crippen LogP contribution >= 0.6 is 35.0 Å². The van der Waals surface area contributed by atoms with Gasteiger partial charge in [-0.2, -0.15) is 0 Å². The molecule has 2 aromatic carbocycles. The zero-order valence-corrected chi connectivity index (χ0v) is 20.5. The minimum absolute atomic E-state index is 0.0290. The van der Waals surface area contributed by atoms with Gasteiger partial charge in [0, 0.05) is 16.4 Å². The topological polar surface area (TPSA) is 26.3 Å². The van der Waals surface area contributed by atoms with E-state index in [-0.39, 0.29) is 11.7 Å². The van der Waals surface area contributed by atoms with Crippen molar-refractivity contribution in [3.63, 3.8) is 0 Å². The lowest BCUT2D eigenvalue weighted by atomic mass is 10.0. The van der Waals surface area contributed by atoms with E-state index in [1.807, 2.05) is 90.3 Å². The molecule has 2 nitrogen and oxygen atoms in total. The summed E-state index contributed by atoms with van der Waals surface area (Å²) in [7, 11) is 0. The van der Waals surface area contributed by atoms with Crippen molar-refractivity contribution in [1.82, 2.24) is 0 Å². The zero-order chi connectivity index (χ0) is 22.2. The van der Waals surface area contributed by atoms with E-state index in [0.717, 1.165) is 21.6 Å². The molecule has 0 saturated heterocycles. The fraction of sp³-hybridized carbons (Fsp3) is 0.375. The van der Waals surface area contributed by atoms with Crippen LogP contribution in [-0.4, -0.2) is 16.6 Å². The number of carbonyl (C=O) groups excluding carboxylic acids is 1. The SMILES string of the molecule is CC.CSc1ccc(C(=O)/C=C/c2cc(C)c(OC(Cl)(Cl)C(C)C)c(C)c2)cc1. The smallest absolute Gasteiger partial charge is 0.260 e. The van der Waals surface area contributed by atoms with Crippen molar-refractivity contribution in [2.75, 3.05) is 6.26 Å². The van der Waals surface area contributed by atoms with Crippen LogP contribution < -0.4 is 4.74 Å². The standard InChI is InChI=1S/C22H24Cl2O2S.C2H6/c1-14(2)22(23,24)26-21-15(3)12-17(13-16(21)4)6-11-20(25)18-7-9-19(27-5)10-8-18;1-2/h6-14H,1-5H3;1-2H3/b11-6+;. The maximum atomic E-state index is 12.4. The Bertz CT molecular complexity index is 817. The molecule has 0 fully saturated rings. The van der Waals surface area contributed by atoms with Gasteiger partial charge in [0.1, 0.15) is 5.75 Å². The number of aryl methyl sites for hydroxylation is 2. The van der Waals surface area contributed by atoms with Crippen LogP contribution in [0, 0.1) is 19.8 Å². The van der Waals surface area contributed by atoms with Gasteiger partial charge in [0.25, 0.3) is 4.52 Å². The molecule has 0 saturated carbocycles. The van der Waals surface area contributed by atoms with Crippen LogP contribution in [0.15, 0.2) is 47.4 Å². The van der Waals surface area contributed by atoms with Crippen molar-refractivity contribution in [3.8, 4) is 5.75 Å². The van der Waals surface area contributed by atoms with Crippen LogP contribution in [0.25, 0.3) is 6.08 Å². The molecule has 0 spiro atoms. The summed E-state index contributed by atoms with van der Waals surface area (Å²) < 4.78 is 4.55. The fourth-order valence-electron chi connectivity index (χ4n) is 2.52. The maximum absolute atomic E-state index is 12.4. The second-order valence-electron chi connectivity index (χ2n) is 6.73. The molecule has 2 aromatic rings. The summed E-state index contributed by atoms with van der Waals surface area (Å²) in [6.45, 7) is 11.7. The van der Waals surface area contributed by atoms with Gasteiger partial charge >= 0.3 is 0 Å². The largest absolute Gasteiger partial charge is 0.457 e. The van der Waals surface area contributed by atoms with Gasteiger partial charge in [-0.15, -0.1) is 11.8 Å². The summed E-state index contributed by atoms with van der Waals surface area (Å²) in [6, 6.07) is 11.5. The number of alkyl halides is 2. The molecule has 0 radical (unpaired) electrons. The van der Waals surface area contributed by atoms with Crippen LogP contribution in [-0.2, 0) is 0 Å². The highest BCUT2D eigenvalue weighted by molar-refractivity contribution is 7.98. The van der Waals surface area contributed by atoms with Gasteiger partial charge in [0.15, 0.2) is 5.78 Å². The molecule has 0 aromatic heterocycles. The van der Waals surface area contributed by atoms with Crippen LogP contribution in [0.5, 0.6) is 5.75 Å². The van der Waals surface area contributed by atoms with E-state index in [1.54, 1.807) is 17.8 Å². The van der Waals surface area contributed by atoms with Gasteiger partial charge in [-0.3, -0.25) is 4.79 Å². The summed E-state index contributed by atoms with van der Waals surface area (Å²) >= 11 is 14.2. The van der Waals surface area contributed by atoms with E-state index in [0.29, 0.717) is 11.3 Å². The predicted octanol–water partition coefficient (Wildman–Crippen LogP) is 8.11. The second kappa shape index (κ2) is 11.7. The highest BCUT2D eigenvalue weighted by atomic mass is 35.5. The number of hydrogen-bond acceptors (Lipinski definition) is 3. The molecule has 2 rings (SSSR count). The third kappa shape index (κ3) is 7.40. The summed E-state index contributed by atoms with van der Waals surface area (Å²) in [5, 5.41) is 0. The molecule has 0 aliphatic rings. The average molecular weight is 453 g/mol. The number of ketones is 1. The summed E-state index contributed by atoms with van der Waals surface area (Å²) in [4.78, 5) is 13.5. The first-order valence-electron chi connectivity index (χ1n) is 9.68. The monoisotopic (exact) mass is 452 g/mol. The molecule has 0 heterocycles. The molecule has 0 aliphatic heterocycles. The molecular weight excluding hydrogens is 423 g/mol. The number of thioether (sulfide) groups is 1.